The third kappa shape index (κ3) is 3.78. The number of hydrogen-bond donors (Lipinski definition) is 0. The smallest absolute Gasteiger partial charge is 0.310 e. The second-order valence-corrected chi connectivity index (χ2v) is 4.02. The Kier molecular flexibility index (Phi) is 5.75. The number of esters is 1. The molecule has 0 amide bonds. The van der Waals surface area contributed by atoms with Gasteiger partial charge in [-0.25, -0.2) is 13.8 Å². The van der Waals surface area contributed by atoms with Crippen LogP contribution >= 0.6 is 23.2 Å². The normalized spacial score (nSPS) is 10.8. The van der Waals surface area contributed by atoms with E-state index in [1.54, 1.807) is 6.92 Å². The van der Waals surface area contributed by atoms with Crippen LogP contribution in [0.15, 0.2) is 6.07 Å². The minimum Gasteiger partial charge on any atom is -0.466 e. The van der Waals surface area contributed by atoms with Gasteiger partial charge in [0.25, 0.3) is 6.43 Å². The van der Waals surface area contributed by atoms with E-state index in [0.29, 0.717) is 11.1 Å². The highest BCUT2D eigenvalue weighted by atomic mass is 35.5. The van der Waals surface area contributed by atoms with E-state index < -0.39 is 18.1 Å². The standard InChI is InChI=1S/C11H11Cl2F2NO2/c1-2-18-9(17)4-6-3-8(11(14)15)16-10(13)7(6)5-12/h3,11H,2,4-5H2,1H3. The Balaban J connectivity index is 3.10. The first-order valence-corrected chi connectivity index (χ1v) is 6.08. The first-order valence-electron chi connectivity index (χ1n) is 5.17. The summed E-state index contributed by atoms with van der Waals surface area (Å²) in [5.74, 6) is -0.532. The van der Waals surface area contributed by atoms with Crippen molar-refractivity contribution in [3.8, 4) is 0 Å². The molecule has 0 radical (unpaired) electrons. The van der Waals surface area contributed by atoms with Crippen LogP contribution < -0.4 is 0 Å². The van der Waals surface area contributed by atoms with E-state index in [1.807, 2.05) is 0 Å². The largest absolute Gasteiger partial charge is 0.466 e. The third-order valence-corrected chi connectivity index (χ3v) is 2.76. The highest BCUT2D eigenvalue weighted by Crippen LogP contribution is 2.26. The van der Waals surface area contributed by atoms with Crippen LogP contribution in [0, 0.1) is 0 Å². The van der Waals surface area contributed by atoms with Crippen LogP contribution in [0.25, 0.3) is 0 Å². The summed E-state index contributed by atoms with van der Waals surface area (Å²) in [7, 11) is 0. The van der Waals surface area contributed by atoms with Crippen molar-refractivity contribution in [1.29, 1.82) is 0 Å². The van der Waals surface area contributed by atoms with E-state index in [-0.39, 0.29) is 24.1 Å². The van der Waals surface area contributed by atoms with Gasteiger partial charge in [0.05, 0.1) is 18.9 Å². The molecule has 0 aliphatic heterocycles. The van der Waals surface area contributed by atoms with Gasteiger partial charge in [0.1, 0.15) is 10.8 Å². The summed E-state index contributed by atoms with van der Waals surface area (Å²) < 4.78 is 29.9. The molecule has 0 unspecified atom stereocenters. The number of hydrogen-bond acceptors (Lipinski definition) is 3. The number of pyridine rings is 1. The molecule has 0 N–H and O–H groups in total. The van der Waals surface area contributed by atoms with Gasteiger partial charge in [-0.2, -0.15) is 0 Å². The molecule has 0 saturated heterocycles. The molecule has 1 aromatic heterocycles. The number of alkyl halides is 3. The van der Waals surface area contributed by atoms with Crippen LogP contribution in [0.3, 0.4) is 0 Å². The fraction of sp³-hybridized carbons (Fsp3) is 0.455. The van der Waals surface area contributed by atoms with Crippen molar-refractivity contribution in [1.82, 2.24) is 4.98 Å². The van der Waals surface area contributed by atoms with Crippen molar-refractivity contribution in [2.75, 3.05) is 6.61 Å². The topological polar surface area (TPSA) is 39.2 Å². The van der Waals surface area contributed by atoms with Crippen LogP contribution in [0.4, 0.5) is 8.78 Å². The molecule has 1 aromatic rings. The summed E-state index contributed by atoms with van der Waals surface area (Å²) in [4.78, 5) is 14.9. The fourth-order valence-electron chi connectivity index (χ4n) is 1.39. The van der Waals surface area contributed by atoms with E-state index in [0.717, 1.165) is 6.07 Å². The molecule has 3 nitrogen and oxygen atoms in total. The monoisotopic (exact) mass is 297 g/mol. The van der Waals surface area contributed by atoms with E-state index in [9.17, 15) is 13.6 Å². The van der Waals surface area contributed by atoms with Gasteiger partial charge < -0.3 is 4.74 Å². The maximum atomic E-state index is 12.6. The lowest BCUT2D eigenvalue weighted by Crippen LogP contribution is -2.10. The highest BCUT2D eigenvalue weighted by molar-refractivity contribution is 6.31. The predicted octanol–water partition coefficient (Wildman–Crippen LogP) is 3.52. The van der Waals surface area contributed by atoms with Crippen molar-refractivity contribution < 1.29 is 18.3 Å². The molecule has 18 heavy (non-hydrogen) atoms. The van der Waals surface area contributed by atoms with Gasteiger partial charge in [0.15, 0.2) is 0 Å². The Morgan fingerprint density at radius 1 is 1.56 bits per heavy atom. The van der Waals surface area contributed by atoms with Crippen molar-refractivity contribution in [3.63, 3.8) is 0 Å². The second kappa shape index (κ2) is 6.85. The average Bonchev–Trinajstić information content (AvgIpc) is 2.28. The number of ether oxygens (including phenoxy) is 1. The lowest BCUT2D eigenvalue weighted by Gasteiger charge is -2.10. The lowest BCUT2D eigenvalue weighted by atomic mass is 10.1. The lowest BCUT2D eigenvalue weighted by molar-refractivity contribution is -0.142. The molecule has 0 atom stereocenters. The molecule has 0 bridgehead atoms. The van der Waals surface area contributed by atoms with Crippen molar-refractivity contribution >= 4 is 29.2 Å². The quantitative estimate of drug-likeness (QED) is 0.474. The molecular formula is C11H11Cl2F2NO2. The van der Waals surface area contributed by atoms with Gasteiger partial charge in [-0.3, -0.25) is 4.79 Å². The molecule has 7 heteroatoms. The molecule has 0 fully saturated rings. The summed E-state index contributed by atoms with van der Waals surface area (Å²) in [6, 6.07) is 1.13. The molecule has 1 heterocycles. The molecule has 1 rings (SSSR count). The van der Waals surface area contributed by atoms with Crippen LogP contribution in [0.1, 0.15) is 30.2 Å². The second-order valence-electron chi connectivity index (χ2n) is 3.39. The average molecular weight is 298 g/mol. The Labute approximate surface area is 113 Å². The summed E-state index contributed by atoms with van der Waals surface area (Å²) in [6.45, 7) is 1.88. The first kappa shape index (κ1) is 15.1. The SMILES string of the molecule is CCOC(=O)Cc1cc(C(F)F)nc(Cl)c1CCl. The summed E-state index contributed by atoms with van der Waals surface area (Å²) in [5.41, 5.74) is 0.211. The molecular weight excluding hydrogens is 287 g/mol. The minimum absolute atomic E-state index is 0.00983. The number of carbonyl (C=O) groups excluding carboxylic acids is 1. The molecule has 0 aromatic carbocycles. The van der Waals surface area contributed by atoms with Crippen LogP contribution in [-0.4, -0.2) is 17.6 Å². The van der Waals surface area contributed by atoms with E-state index in [2.05, 4.69) is 4.98 Å². The number of nitrogens with zero attached hydrogens (tertiary/aromatic N) is 1. The van der Waals surface area contributed by atoms with Gasteiger partial charge in [0, 0.05) is 5.56 Å². The number of halogens is 4. The van der Waals surface area contributed by atoms with Gasteiger partial charge >= 0.3 is 5.97 Å². The maximum Gasteiger partial charge on any atom is 0.310 e. The van der Waals surface area contributed by atoms with Crippen molar-refractivity contribution in [3.05, 3.63) is 28.0 Å². The summed E-state index contributed by atoms with van der Waals surface area (Å²) in [5, 5.41) is -0.109. The zero-order valence-electron chi connectivity index (χ0n) is 9.55. The Hall–Kier alpha value is -0.940. The number of rotatable bonds is 5. The van der Waals surface area contributed by atoms with E-state index in [1.165, 1.54) is 0 Å². The van der Waals surface area contributed by atoms with E-state index >= 15 is 0 Å². The Morgan fingerprint density at radius 2 is 2.22 bits per heavy atom. The Bertz CT molecular complexity index is 441. The molecule has 0 aliphatic rings. The first-order chi connectivity index (χ1) is 8.49. The number of carbonyl (C=O) groups is 1. The van der Waals surface area contributed by atoms with Crippen LogP contribution in [0.2, 0.25) is 5.15 Å². The molecule has 0 saturated carbocycles. The van der Waals surface area contributed by atoms with Crippen LogP contribution in [-0.2, 0) is 21.8 Å². The Morgan fingerprint density at radius 3 is 2.72 bits per heavy atom. The van der Waals surface area contributed by atoms with Gasteiger partial charge in [0.2, 0.25) is 0 Å². The number of aromatic nitrogens is 1. The zero-order chi connectivity index (χ0) is 13.7. The summed E-state index contributed by atoms with van der Waals surface area (Å²) >= 11 is 11.4. The molecule has 0 aliphatic carbocycles. The predicted molar refractivity (Wildman–Crippen MR) is 64.1 cm³/mol. The van der Waals surface area contributed by atoms with Crippen molar-refractivity contribution in [2.24, 2.45) is 0 Å². The third-order valence-electron chi connectivity index (χ3n) is 2.18. The zero-order valence-corrected chi connectivity index (χ0v) is 11.1. The molecule has 100 valence electrons. The fourth-order valence-corrected chi connectivity index (χ4v) is 2.04. The van der Waals surface area contributed by atoms with Gasteiger partial charge in [-0.05, 0) is 18.6 Å². The maximum absolute atomic E-state index is 12.6. The van der Waals surface area contributed by atoms with Crippen LogP contribution in [0.5, 0.6) is 0 Å². The van der Waals surface area contributed by atoms with E-state index in [4.69, 9.17) is 27.9 Å². The minimum atomic E-state index is -2.76. The highest BCUT2D eigenvalue weighted by Gasteiger charge is 2.18. The summed E-state index contributed by atoms with van der Waals surface area (Å²) in [6.07, 6.45) is -2.91. The van der Waals surface area contributed by atoms with Crippen molar-refractivity contribution in [2.45, 2.75) is 25.7 Å². The van der Waals surface area contributed by atoms with Gasteiger partial charge in [-0.15, -0.1) is 11.6 Å². The molecule has 0 spiro atoms. The van der Waals surface area contributed by atoms with Gasteiger partial charge in [-0.1, -0.05) is 11.6 Å².